The van der Waals surface area contributed by atoms with E-state index in [0.29, 0.717) is 0 Å². The van der Waals surface area contributed by atoms with Gasteiger partial charge in [0.2, 0.25) is 0 Å². The summed E-state index contributed by atoms with van der Waals surface area (Å²) in [4.78, 5) is 10.1. The van der Waals surface area contributed by atoms with Crippen LogP contribution in [0, 0.1) is 21.7 Å². The van der Waals surface area contributed by atoms with Crippen molar-refractivity contribution in [3.8, 4) is 0 Å². The van der Waals surface area contributed by atoms with E-state index in [9.17, 15) is 23.1 Å². The normalized spacial score (nSPS) is 12.1. The summed E-state index contributed by atoms with van der Waals surface area (Å²) in [5.74, 6) is -1.66. The lowest BCUT2D eigenvalue weighted by Crippen LogP contribution is -2.00. The van der Waals surface area contributed by atoms with Crippen LogP contribution in [-0.4, -0.2) is 9.13 Å². The van der Waals surface area contributed by atoms with Crippen LogP contribution in [0.3, 0.4) is 0 Å². The van der Waals surface area contributed by atoms with E-state index in [1.807, 2.05) is 0 Å². The molecule has 2 N–H and O–H groups in total. The number of benzene rings is 2. The second kappa shape index (κ2) is 5.96. The largest absolute Gasteiger partial charge is 0.396 e. The Hall–Kier alpha value is -2.35. The van der Waals surface area contributed by atoms with Gasteiger partial charge in [-0.2, -0.15) is 0 Å². The van der Waals surface area contributed by atoms with Crippen molar-refractivity contribution in [2.75, 3.05) is 5.73 Å². The first-order chi connectivity index (χ1) is 9.86. The summed E-state index contributed by atoms with van der Waals surface area (Å²) in [7, 11) is -1.67. The molecule has 0 amide bonds. The Balaban J connectivity index is 2.27. The molecule has 2 rings (SSSR count). The number of nitro benzene ring substituents is 1. The highest BCUT2D eigenvalue weighted by Gasteiger charge is 2.13. The number of hydrogen-bond acceptors (Lipinski definition) is 4. The highest BCUT2D eigenvalue weighted by atomic mass is 32.2. The molecule has 0 aliphatic heterocycles. The maximum Gasteiger partial charge on any atom is 0.272 e. The van der Waals surface area contributed by atoms with Gasteiger partial charge in [-0.05, 0) is 29.8 Å². The molecular weight excluding hydrogens is 302 g/mol. The molecule has 0 bridgehead atoms. The number of nitro groups is 1. The summed E-state index contributed by atoms with van der Waals surface area (Å²) in [5, 5.41) is 10.6. The number of rotatable bonds is 4. The van der Waals surface area contributed by atoms with Gasteiger partial charge in [-0.15, -0.1) is 0 Å². The standard InChI is InChI=1S/C13H10F2N2O3S/c14-9-3-8(4-10(5-9)17(18)19)7-21(20)11-1-2-13(16)12(15)6-11/h1-6H,7,16H2. The molecule has 0 heterocycles. The van der Waals surface area contributed by atoms with Crippen LogP contribution in [0.5, 0.6) is 0 Å². The number of nitrogens with zero attached hydrogens (tertiary/aromatic N) is 1. The molecule has 2 aromatic rings. The number of nitrogen functional groups attached to an aromatic ring is 1. The molecule has 110 valence electrons. The summed E-state index contributed by atoms with van der Waals surface area (Å²) >= 11 is 0. The van der Waals surface area contributed by atoms with Gasteiger partial charge in [0.15, 0.2) is 0 Å². The van der Waals surface area contributed by atoms with Crippen molar-refractivity contribution < 1.29 is 17.9 Å². The van der Waals surface area contributed by atoms with Crippen molar-refractivity contribution >= 4 is 22.2 Å². The van der Waals surface area contributed by atoms with Gasteiger partial charge in [0.05, 0.1) is 33.2 Å². The highest BCUT2D eigenvalue weighted by molar-refractivity contribution is 7.84. The number of anilines is 1. The maximum atomic E-state index is 13.3. The quantitative estimate of drug-likeness (QED) is 0.534. The van der Waals surface area contributed by atoms with Crippen LogP contribution >= 0.6 is 0 Å². The Bertz CT molecular complexity index is 737. The summed E-state index contributed by atoms with van der Waals surface area (Å²) < 4.78 is 38.7. The summed E-state index contributed by atoms with van der Waals surface area (Å²) in [6, 6.07) is 6.65. The fraction of sp³-hybridized carbons (Fsp3) is 0.0769. The SMILES string of the molecule is Nc1ccc(S(=O)Cc2cc(F)cc([N+](=O)[O-])c2)cc1F. The number of non-ortho nitro benzene ring substituents is 1. The Kier molecular flexibility index (Phi) is 4.27. The van der Waals surface area contributed by atoms with Crippen molar-refractivity contribution in [1.82, 2.24) is 0 Å². The third-order valence-electron chi connectivity index (χ3n) is 2.69. The molecule has 0 aliphatic rings. The molecule has 0 fully saturated rings. The maximum absolute atomic E-state index is 13.3. The third kappa shape index (κ3) is 3.60. The van der Waals surface area contributed by atoms with Crippen LogP contribution in [0.15, 0.2) is 41.3 Å². The summed E-state index contributed by atoms with van der Waals surface area (Å²) in [6.07, 6.45) is 0. The second-order valence-corrected chi connectivity index (χ2v) is 5.70. The van der Waals surface area contributed by atoms with Gasteiger partial charge >= 0.3 is 0 Å². The Morgan fingerprint density at radius 1 is 1.19 bits per heavy atom. The molecule has 8 heteroatoms. The monoisotopic (exact) mass is 312 g/mol. The van der Waals surface area contributed by atoms with E-state index >= 15 is 0 Å². The fourth-order valence-corrected chi connectivity index (χ4v) is 2.80. The van der Waals surface area contributed by atoms with Gasteiger partial charge in [-0.1, -0.05) is 0 Å². The van der Waals surface area contributed by atoms with E-state index in [4.69, 9.17) is 5.73 Å². The molecule has 0 aromatic heterocycles. The van der Waals surface area contributed by atoms with Crippen molar-refractivity contribution in [3.63, 3.8) is 0 Å². The van der Waals surface area contributed by atoms with E-state index in [1.54, 1.807) is 0 Å². The molecule has 1 unspecified atom stereocenters. The average Bonchev–Trinajstić information content (AvgIpc) is 2.41. The first-order valence-electron chi connectivity index (χ1n) is 5.74. The molecule has 0 spiro atoms. The molecule has 0 saturated heterocycles. The van der Waals surface area contributed by atoms with Gasteiger partial charge in [0.25, 0.3) is 5.69 Å². The number of halogens is 2. The fourth-order valence-electron chi connectivity index (χ4n) is 1.71. The lowest BCUT2D eigenvalue weighted by atomic mass is 10.2. The van der Waals surface area contributed by atoms with Gasteiger partial charge in [-0.3, -0.25) is 14.3 Å². The summed E-state index contributed by atoms with van der Waals surface area (Å²) in [5.41, 5.74) is 5.01. The zero-order chi connectivity index (χ0) is 15.6. The minimum absolute atomic E-state index is 0.0721. The van der Waals surface area contributed by atoms with Gasteiger partial charge < -0.3 is 5.73 Å². The molecule has 21 heavy (non-hydrogen) atoms. The topological polar surface area (TPSA) is 86.2 Å². The predicted molar refractivity (Wildman–Crippen MR) is 74.0 cm³/mol. The van der Waals surface area contributed by atoms with Gasteiger partial charge in [-0.25, -0.2) is 8.78 Å². The van der Waals surface area contributed by atoms with Crippen LogP contribution < -0.4 is 5.73 Å². The molecule has 0 saturated carbocycles. The van der Waals surface area contributed by atoms with Gasteiger partial charge in [0.1, 0.15) is 11.6 Å². The molecule has 2 aromatic carbocycles. The Morgan fingerprint density at radius 3 is 2.52 bits per heavy atom. The second-order valence-electron chi connectivity index (χ2n) is 4.25. The van der Waals surface area contributed by atoms with Crippen LogP contribution in [0.1, 0.15) is 5.56 Å². The van der Waals surface area contributed by atoms with Crippen molar-refractivity contribution in [2.24, 2.45) is 0 Å². The molecule has 0 radical (unpaired) electrons. The third-order valence-corrected chi connectivity index (χ3v) is 4.06. The lowest BCUT2D eigenvalue weighted by Gasteiger charge is -2.05. The first-order valence-corrected chi connectivity index (χ1v) is 7.06. The average molecular weight is 312 g/mol. The van der Waals surface area contributed by atoms with Gasteiger partial charge in [0, 0.05) is 11.0 Å². The van der Waals surface area contributed by atoms with Crippen LogP contribution in [0.25, 0.3) is 0 Å². The highest BCUT2D eigenvalue weighted by Crippen LogP contribution is 2.21. The van der Waals surface area contributed by atoms with Crippen LogP contribution in [0.2, 0.25) is 0 Å². The number of hydrogen-bond donors (Lipinski definition) is 1. The Labute approximate surface area is 121 Å². The summed E-state index contributed by atoms with van der Waals surface area (Å²) in [6.45, 7) is 0. The molecular formula is C13H10F2N2O3S. The van der Waals surface area contributed by atoms with E-state index in [2.05, 4.69) is 0 Å². The number of nitrogens with two attached hydrogens (primary N) is 1. The van der Waals surface area contributed by atoms with Crippen molar-refractivity contribution in [1.29, 1.82) is 0 Å². The van der Waals surface area contributed by atoms with E-state index in [1.165, 1.54) is 12.1 Å². The molecule has 0 aliphatic carbocycles. The molecule has 5 nitrogen and oxygen atoms in total. The zero-order valence-corrected chi connectivity index (χ0v) is 11.4. The Morgan fingerprint density at radius 2 is 1.90 bits per heavy atom. The minimum Gasteiger partial charge on any atom is -0.396 e. The smallest absolute Gasteiger partial charge is 0.272 e. The van der Waals surface area contributed by atoms with Crippen molar-refractivity contribution in [3.05, 3.63) is 63.7 Å². The van der Waals surface area contributed by atoms with Crippen LogP contribution in [-0.2, 0) is 16.6 Å². The zero-order valence-electron chi connectivity index (χ0n) is 10.6. The van der Waals surface area contributed by atoms with E-state index < -0.39 is 33.0 Å². The first kappa shape index (κ1) is 15.0. The molecule has 1 atom stereocenters. The lowest BCUT2D eigenvalue weighted by molar-refractivity contribution is -0.385. The minimum atomic E-state index is -1.67. The van der Waals surface area contributed by atoms with E-state index in [0.717, 1.165) is 24.3 Å². The van der Waals surface area contributed by atoms with Crippen molar-refractivity contribution in [2.45, 2.75) is 10.6 Å². The predicted octanol–water partition coefficient (Wildman–Crippen LogP) is 2.76. The van der Waals surface area contributed by atoms with Crippen LogP contribution in [0.4, 0.5) is 20.2 Å². The van der Waals surface area contributed by atoms with E-state index in [-0.39, 0.29) is 21.9 Å².